The van der Waals surface area contributed by atoms with Crippen molar-refractivity contribution in [1.82, 2.24) is 15.5 Å². The summed E-state index contributed by atoms with van der Waals surface area (Å²) >= 11 is 0. The third-order valence-corrected chi connectivity index (χ3v) is 4.90. The quantitative estimate of drug-likeness (QED) is 0.823. The molecule has 2 aliphatic heterocycles. The van der Waals surface area contributed by atoms with Gasteiger partial charge in [0.1, 0.15) is 6.10 Å². The second-order valence-corrected chi connectivity index (χ2v) is 7.03. The Kier molecular flexibility index (Phi) is 8.64. The maximum Gasteiger partial charge on any atom is 0.250 e. The summed E-state index contributed by atoms with van der Waals surface area (Å²) in [4.78, 5) is 14.7. The second kappa shape index (κ2) is 9.74. The van der Waals surface area contributed by atoms with Gasteiger partial charge in [-0.2, -0.15) is 0 Å². The number of hydrogen-bond acceptors (Lipinski definition) is 4. The molecule has 0 aliphatic carbocycles. The first-order valence-corrected chi connectivity index (χ1v) is 8.48. The highest BCUT2D eigenvalue weighted by molar-refractivity contribution is 5.85. The maximum absolute atomic E-state index is 12.2. The number of nitrogens with zero attached hydrogens (tertiary/aromatic N) is 1. The zero-order chi connectivity index (χ0) is 16.3. The molecule has 2 N–H and O–H groups in total. The van der Waals surface area contributed by atoms with Crippen LogP contribution in [-0.4, -0.2) is 55.2 Å². The van der Waals surface area contributed by atoms with E-state index in [1.54, 1.807) is 0 Å². The van der Waals surface area contributed by atoms with Crippen LogP contribution in [0.5, 0.6) is 0 Å². The summed E-state index contributed by atoms with van der Waals surface area (Å²) in [5.41, 5.74) is 2.77. The fourth-order valence-corrected chi connectivity index (χ4v) is 3.28. The van der Waals surface area contributed by atoms with Gasteiger partial charge in [-0.3, -0.25) is 9.69 Å². The molecule has 2 heterocycles. The van der Waals surface area contributed by atoms with Crippen molar-refractivity contribution in [3.05, 3.63) is 35.4 Å². The van der Waals surface area contributed by atoms with Crippen molar-refractivity contribution in [3.63, 3.8) is 0 Å². The Morgan fingerprint density at radius 1 is 1.32 bits per heavy atom. The van der Waals surface area contributed by atoms with Crippen molar-refractivity contribution in [3.8, 4) is 0 Å². The number of carbonyl (C=O) groups excluding carboxylic acids is 1. The monoisotopic (exact) mass is 389 g/mol. The lowest BCUT2D eigenvalue weighted by atomic mass is 9.94. The van der Waals surface area contributed by atoms with Crippen LogP contribution in [0.1, 0.15) is 25.0 Å². The van der Waals surface area contributed by atoms with E-state index in [4.69, 9.17) is 4.74 Å². The van der Waals surface area contributed by atoms with Gasteiger partial charge in [-0.05, 0) is 31.4 Å². The molecular formula is C18H29Cl2N3O2. The van der Waals surface area contributed by atoms with Crippen LogP contribution < -0.4 is 10.6 Å². The van der Waals surface area contributed by atoms with Crippen LogP contribution in [0, 0.1) is 0 Å². The highest BCUT2D eigenvalue weighted by Crippen LogP contribution is 2.24. The van der Waals surface area contributed by atoms with Crippen LogP contribution in [0.4, 0.5) is 0 Å². The lowest BCUT2D eigenvalue weighted by Crippen LogP contribution is -2.56. The van der Waals surface area contributed by atoms with Crippen molar-refractivity contribution in [1.29, 1.82) is 0 Å². The number of carbonyl (C=O) groups is 1. The fraction of sp³-hybridized carbons (Fsp3) is 0.611. The van der Waals surface area contributed by atoms with Crippen LogP contribution in [0.2, 0.25) is 0 Å². The van der Waals surface area contributed by atoms with Crippen LogP contribution >= 0.6 is 24.8 Å². The average Bonchev–Trinajstić information content (AvgIpc) is 2.60. The molecule has 7 heteroatoms. The van der Waals surface area contributed by atoms with E-state index in [-0.39, 0.29) is 42.4 Å². The Balaban J connectivity index is 0.00000156. The Morgan fingerprint density at radius 3 is 2.72 bits per heavy atom. The minimum absolute atomic E-state index is 0. The van der Waals surface area contributed by atoms with Crippen molar-refractivity contribution in [2.45, 2.75) is 38.5 Å². The zero-order valence-electron chi connectivity index (χ0n) is 14.9. The molecule has 0 radical (unpaired) electrons. The van der Waals surface area contributed by atoms with Gasteiger partial charge in [0.25, 0.3) is 5.91 Å². The standard InChI is InChI=1S/C18H27N3O2.2ClH/c1-18(2,13-20-17(22)16-11-19-8-10-23-16)21-9-7-14-5-3-4-6-15(14)12-21;;/h3-6,16,19H,7-13H2,1-2H3,(H,20,22);2*1H. The number of halogens is 2. The summed E-state index contributed by atoms with van der Waals surface area (Å²) < 4.78 is 5.51. The third kappa shape index (κ3) is 5.56. The van der Waals surface area contributed by atoms with Crippen LogP contribution in [-0.2, 0) is 22.5 Å². The van der Waals surface area contributed by atoms with Crippen molar-refractivity contribution >= 4 is 30.7 Å². The summed E-state index contributed by atoms with van der Waals surface area (Å²) in [6.45, 7) is 9.02. The lowest BCUT2D eigenvalue weighted by molar-refractivity contribution is -0.134. The Hall–Kier alpha value is -0.850. The minimum atomic E-state index is -0.360. The lowest BCUT2D eigenvalue weighted by Gasteiger charge is -2.42. The minimum Gasteiger partial charge on any atom is -0.366 e. The number of morpholine rings is 1. The van der Waals surface area contributed by atoms with Gasteiger partial charge in [0.2, 0.25) is 0 Å². The van der Waals surface area contributed by atoms with E-state index < -0.39 is 0 Å². The molecule has 142 valence electrons. The van der Waals surface area contributed by atoms with Gasteiger partial charge in [-0.1, -0.05) is 24.3 Å². The molecule has 1 saturated heterocycles. The van der Waals surface area contributed by atoms with E-state index in [9.17, 15) is 4.79 Å². The number of fused-ring (bicyclic) bond motifs is 1. The smallest absolute Gasteiger partial charge is 0.250 e. The van der Waals surface area contributed by atoms with E-state index in [0.717, 1.165) is 26.1 Å². The molecule has 5 nitrogen and oxygen atoms in total. The van der Waals surface area contributed by atoms with Crippen LogP contribution in [0.3, 0.4) is 0 Å². The molecule has 3 rings (SSSR count). The molecule has 0 aromatic heterocycles. The van der Waals surface area contributed by atoms with Gasteiger partial charge in [0.05, 0.1) is 6.61 Å². The largest absolute Gasteiger partial charge is 0.366 e. The first kappa shape index (κ1) is 22.2. The van der Waals surface area contributed by atoms with Gasteiger partial charge in [-0.15, -0.1) is 24.8 Å². The number of ether oxygens (including phenoxy) is 1. The predicted octanol–water partition coefficient (Wildman–Crippen LogP) is 1.77. The van der Waals surface area contributed by atoms with E-state index in [1.165, 1.54) is 11.1 Å². The van der Waals surface area contributed by atoms with Gasteiger partial charge >= 0.3 is 0 Å². The normalized spacial score (nSPS) is 20.6. The summed E-state index contributed by atoms with van der Waals surface area (Å²) in [6, 6.07) is 8.63. The van der Waals surface area contributed by atoms with Crippen molar-refractivity contribution in [2.75, 3.05) is 32.8 Å². The first-order chi connectivity index (χ1) is 11.1. The molecule has 1 aromatic carbocycles. The Bertz CT molecular complexity index is 563. The molecule has 1 atom stereocenters. The molecule has 0 bridgehead atoms. The molecule has 1 fully saturated rings. The van der Waals surface area contributed by atoms with Gasteiger partial charge in [-0.25, -0.2) is 0 Å². The van der Waals surface area contributed by atoms with E-state index in [0.29, 0.717) is 19.7 Å². The van der Waals surface area contributed by atoms with Crippen LogP contribution in [0.25, 0.3) is 0 Å². The van der Waals surface area contributed by atoms with Gasteiger partial charge in [0, 0.05) is 38.3 Å². The number of amides is 1. The molecule has 1 amide bonds. The summed E-state index contributed by atoms with van der Waals surface area (Å²) in [6.07, 6.45) is 0.713. The highest BCUT2D eigenvalue weighted by atomic mass is 35.5. The molecular weight excluding hydrogens is 361 g/mol. The highest BCUT2D eigenvalue weighted by Gasteiger charge is 2.31. The predicted molar refractivity (Wildman–Crippen MR) is 105 cm³/mol. The Morgan fingerprint density at radius 2 is 2.04 bits per heavy atom. The Labute approximate surface area is 162 Å². The van der Waals surface area contributed by atoms with Crippen LogP contribution in [0.15, 0.2) is 24.3 Å². The third-order valence-electron chi connectivity index (χ3n) is 4.90. The number of hydrogen-bond donors (Lipinski definition) is 2. The van der Waals surface area contributed by atoms with Gasteiger partial charge in [0.15, 0.2) is 0 Å². The summed E-state index contributed by atoms with van der Waals surface area (Å²) in [7, 11) is 0. The average molecular weight is 390 g/mol. The molecule has 25 heavy (non-hydrogen) atoms. The topological polar surface area (TPSA) is 53.6 Å². The number of nitrogens with one attached hydrogen (secondary N) is 2. The van der Waals surface area contributed by atoms with E-state index in [2.05, 4.69) is 53.6 Å². The molecule has 2 aliphatic rings. The van der Waals surface area contributed by atoms with Crippen molar-refractivity contribution < 1.29 is 9.53 Å². The fourth-order valence-electron chi connectivity index (χ4n) is 3.28. The maximum atomic E-state index is 12.2. The summed E-state index contributed by atoms with van der Waals surface area (Å²) in [5, 5.41) is 6.26. The molecule has 0 spiro atoms. The summed E-state index contributed by atoms with van der Waals surface area (Å²) in [5.74, 6) is -0.0114. The molecule has 1 unspecified atom stereocenters. The van der Waals surface area contributed by atoms with E-state index in [1.807, 2.05) is 0 Å². The number of benzene rings is 1. The number of rotatable bonds is 4. The van der Waals surface area contributed by atoms with Gasteiger partial charge < -0.3 is 15.4 Å². The van der Waals surface area contributed by atoms with E-state index >= 15 is 0 Å². The second-order valence-electron chi connectivity index (χ2n) is 7.03. The first-order valence-electron chi connectivity index (χ1n) is 8.48. The SMILES string of the molecule is CC(C)(CNC(=O)C1CNCCO1)N1CCc2ccccc2C1.Cl.Cl. The molecule has 0 saturated carbocycles. The zero-order valence-corrected chi connectivity index (χ0v) is 16.5. The molecule has 1 aromatic rings. The van der Waals surface area contributed by atoms with Crippen molar-refractivity contribution in [2.24, 2.45) is 0 Å².